The van der Waals surface area contributed by atoms with E-state index in [-0.39, 0.29) is 24.9 Å². The van der Waals surface area contributed by atoms with Crippen LogP contribution in [-0.4, -0.2) is 30.7 Å². The van der Waals surface area contributed by atoms with Gasteiger partial charge in [0.1, 0.15) is 0 Å². The summed E-state index contributed by atoms with van der Waals surface area (Å²) < 4.78 is 11.2. The van der Waals surface area contributed by atoms with Crippen molar-refractivity contribution in [3.63, 3.8) is 0 Å². The zero-order chi connectivity index (χ0) is 11.1. The number of hydrogen-bond acceptors (Lipinski definition) is 3. The van der Waals surface area contributed by atoms with Crippen LogP contribution < -0.4 is 0 Å². The monoisotopic (exact) mass is 212 g/mol. The van der Waals surface area contributed by atoms with Crippen LogP contribution in [0.25, 0.3) is 0 Å². The Morgan fingerprint density at radius 1 is 1.60 bits per heavy atom. The standard InChI is InChI=1S/C12H20O3/c1-3-6-11(10(2)9-13)15-12-7-4-5-8-14-12/h1,10-13H,4-9H2,2H3/t10-,11-,12?/m0/s1. The molecule has 15 heavy (non-hydrogen) atoms. The van der Waals surface area contributed by atoms with Gasteiger partial charge in [0.05, 0.1) is 6.10 Å². The maximum atomic E-state index is 9.07. The highest BCUT2D eigenvalue weighted by Gasteiger charge is 2.23. The van der Waals surface area contributed by atoms with Gasteiger partial charge >= 0.3 is 0 Å². The van der Waals surface area contributed by atoms with E-state index in [2.05, 4.69) is 5.92 Å². The van der Waals surface area contributed by atoms with Crippen molar-refractivity contribution in [2.75, 3.05) is 13.2 Å². The molecule has 0 radical (unpaired) electrons. The highest BCUT2D eigenvalue weighted by molar-refractivity contribution is 4.89. The maximum Gasteiger partial charge on any atom is 0.158 e. The molecule has 0 bridgehead atoms. The van der Waals surface area contributed by atoms with Crippen LogP contribution in [0.5, 0.6) is 0 Å². The second kappa shape index (κ2) is 6.84. The first kappa shape index (κ1) is 12.5. The SMILES string of the molecule is C#CC[C@H](OC1CCCCO1)[C@@H](C)CO. The molecule has 1 heterocycles. The third-order valence-electron chi connectivity index (χ3n) is 2.71. The van der Waals surface area contributed by atoms with Crippen molar-refractivity contribution in [1.29, 1.82) is 0 Å². The summed E-state index contributed by atoms with van der Waals surface area (Å²) in [5.41, 5.74) is 0. The van der Waals surface area contributed by atoms with Crippen LogP contribution in [0.4, 0.5) is 0 Å². The van der Waals surface area contributed by atoms with Crippen LogP contribution >= 0.6 is 0 Å². The lowest BCUT2D eigenvalue weighted by molar-refractivity contribution is -0.198. The Morgan fingerprint density at radius 3 is 2.93 bits per heavy atom. The smallest absolute Gasteiger partial charge is 0.158 e. The lowest BCUT2D eigenvalue weighted by Gasteiger charge is -2.29. The fourth-order valence-corrected chi connectivity index (χ4v) is 1.63. The van der Waals surface area contributed by atoms with Crippen molar-refractivity contribution < 1.29 is 14.6 Å². The van der Waals surface area contributed by atoms with Gasteiger partial charge in [0.25, 0.3) is 0 Å². The molecule has 86 valence electrons. The van der Waals surface area contributed by atoms with Crippen LogP contribution in [0.15, 0.2) is 0 Å². The van der Waals surface area contributed by atoms with Gasteiger partial charge in [-0.15, -0.1) is 12.3 Å². The van der Waals surface area contributed by atoms with Crippen molar-refractivity contribution in [3.8, 4) is 12.3 Å². The van der Waals surface area contributed by atoms with Crippen LogP contribution in [0, 0.1) is 18.3 Å². The molecular formula is C12H20O3. The molecule has 1 aliphatic rings. The highest BCUT2D eigenvalue weighted by atomic mass is 16.7. The summed E-state index contributed by atoms with van der Waals surface area (Å²) >= 11 is 0. The molecule has 1 saturated heterocycles. The summed E-state index contributed by atoms with van der Waals surface area (Å²) in [5, 5.41) is 9.07. The summed E-state index contributed by atoms with van der Waals surface area (Å²) in [6.45, 7) is 2.80. The molecule has 0 aliphatic carbocycles. The predicted molar refractivity (Wildman–Crippen MR) is 58.2 cm³/mol. The Balaban J connectivity index is 2.38. The van der Waals surface area contributed by atoms with Gasteiger partial charge in [0.15, 0.2) is 6.29 Å². The molecule has 1 aliphatic heterocycles. The van der Waals surface area contributed by atoms with E-state index in [1.165, 1.54) is 0 Å². The van der Waals surface area contributed by atoms with Gasteiger partial charge < -0.3 is 14.6 Å². The molecule has 1 N–H and O–H groups in total. The predicted octanol–water partition coefficient (Wildman–Crippen LogP) is 1.55. The summed E-state index contributed by atoms with van der Waals surface area (Å²) in [5.74, 6) is 2.64. The highest BCUT2D eigenvalue weighted by Crippen LogP contribution is 2.20. The first-order valence-electron chi connectivity index (χ1n) is 5.59. The van der Waals surface area contributed by atoms with Gasteiger partial charge in [-0.2, -0.15) is 0 Å². The molecule has 1 unspecified atom stereocenters. The average molecular weight is 212 g/mol. The van der Waals surface area contributed by atoms with E-state index in [9.17, 15) is 0 Å². The molecule has 3 atom stereocenters. The van der Waals surface area contributed by atoms with Gasteiger partial charge in [-0.25, -0.2) is 0 Å². The molecule has 3 nitrogen and oxygen atoms in total. The van der Waals surface area contributed by atoms with Crippen LogP contribution in [0.1, 0.15) is 32.6 Å². The number of aliphatic hydroxyl groups excluding tert-OH is 1. The lowest BCUT2D eigenvalue weighted by Crippen LogP contribution is -2.32. The summed E-state index contributed by atoms with van der Waals surface area (Å²) in [4.78, 5) is 0. The second-order valence-electron chi connectivity index (χ2n) is 4.04. The van der Waals surface area contributed by atoms with E-state index in [1.54, 1.807) is 0 Å². The number of rotatable bonds is 5. The molecule has 0 aromatic rings. The van der Waals surface area contributed by atoms with E-state index in [0.29, 0.717) is 6.42 Å². The van der Waals surface area contributed by atoms with Gasteiger partial charge in [0, 0.05) is 25.6 Å². The molecule has 0 amide bonds. The van der Waals surface area contributed by atoms with Crippen molar-refractivity contribution in [3.05, 3.63) is 0 Å². The second-order valence-corrected chi connectivity index (χ2v) is 4.04. The van der Waals surface area contributed by atoms with Gasteiger partial charge in [-0.05, 0) is 19.3 Å². The van der Waals surface area contributed by atoms with Gasteiger partial charge in [-0.1, -0.05) is 6.92 Å². The molecule has 1 rings (SSSR count). The number of terminal acetylenes is 1. The lowest BCUT2D eigenvalue weighted by atomic mass is 10.0. The van der Waals surface area contributed by atoms with Crippen molar-refractivity contribution >= 4 is 0 Å². The summed E-state index contributed by atoms with van der Waals surface area (Å²) in [6.07, 6.45) is 8.75. The fraction of sp³-hybridized carbons (Fsp3) is 0.833. The van der Waals surface area contributed by atoms with Crippen LogP contribution in [0.2, 0.25) is 0 Å². The largest absolute Gasteiger partial charge is 0.396 e. The third kappa shape index (κ3) is 4.21. The van der Waals surface area contributed by atoms with Gasteiger partial charge in [-0.3, -0.25) is 0 Å². The topological polar surface area (TPSA) is 38.7 Å². The quantitative estimate of drug-likeness (QED) is 0.703. The van der Waals surface area contributed by atoms with Crippen LogP contribution in [-0.2, 0) is 9.47 Å². The Morgan fingerprint density at radius 2 is 2.40 bits per heavy atom. The zero-order valence-corrected chi connectivity index (χ0v) is 9.32. The number of aliphatic hydroxyl groups is 1. The number of hydrogen-bond donors (Lipinski definition) is 1. The van der Waals surface area contributed by atoms with Crippen molar-refractivity contribution in [2.45, 2.75) is 45.0 Å². The Bertz CT molecular complexity index is 203. The summed E-state index contributed by atoms with van der Waals surface area (Å²) in [6, 6.07) is 0. The minimum absolute atomic E-state index is 0.0616. The first-order valence-corrected chi connectivity index (χ1v) is 5.59. The van der Waals surface area contributed by atoms with E-state index in [4.69, 9.17) is 21.0 Å². The summed E-state index contributed by atoms with van der Waals surface area (Å²) in [7, 11) is 0. The van der Waals surface area contributed by atoms with Gasteiger partial charge in [0.2, 0.25) is 0 Å². The molecule has 1 fully saturated rings. The Hall–Kier alpha value is -0.560. The molecule has 0 spiro atoms. The molecule has 0 aromatic heterocycles. The molecule has 0 aromatic carbocycles. The van der Waals surface area contributed by atoms with E-state index >= 15 is 0 Å². The first-order chi connectivity index (χ1) is 7.27. The number of ether oxygens (including phenoxy) is 2. The zero-order valence-electron chi connectivity index (χ0n) is 9.32. The van der Waals surface area contributed by atoms with E-state index < -0.39 is 0 Å². The van der Waals surface area contributed by atoms with Crippen molar-refractivity contribution in [1.82, 2.24) is 0 Å². The van der Waals surface area contributed by atoms with E-state index in [0.717, 1.165) is 25.9 Å². The average Bonchev–Trinajstić information content (AvgIpc) is 2.29. The molecular weight excluding hydrogens is 192 g/mol. The Labute approximate surface area is 91.8 Å². The minimum Gasteiger partial charge on any atom is -0.396 e. The fourth-order valence-electron chi connectivity index (χ4n) is 1.63. The van der Waals surface area contributed by atoms with Crippen LogP contribution in [0.3, 0.4) is 0 Å². The maximum absolute atomic E-state index is 9.07. The molecule has 3 heteroatoms. The molecule has 0 saturated carbocycles. The van der Waals surface area contributed by atoms with Crippen molar-refractivity contribution in [2.24, 2.45) is 5.92 Å². The minimum atomic E-state index is -0.133. The Kier molecular flexibility index (Phi) is 5.70. The third-order valence-corrected chi connectivity index (χ3v) is 2.71. The normalized spacial score (nSPS) is 25.5. The van der Waals surface area contributed by atoms with E-state index in [1.807, 2.05) is 6.92 Å².